The second-order valence-electron chi connectivity index (χ2n) is 8.96. The molecule has 0 radical (unpaired) electrons. The van der Waals surface area contributed by atoms with Crippen molar-refractivity contribution in [3.05, 3.63) is 77.6 Å². The van der Waals surface area contributed by atoms with Crippen LogP contribution >= 0.6 is 0 Å². The first-order chi connectivity index (χ1) is 16.4. The van der Waals surface area contributed by atoms with Crippen molar-refractivity contribution in [2.45, 2.75) is 32.4 Å². The third kappa shape index (κ3) is 5.14. The van der Waals surface area contributed by atoms with E-state index in [2.05, 4.69) is 11.5 Å². The zero-order chi connectivity index (χ0) is 24.2. The third-order valence-corrected chi connectivity index (χ3v) is 6.65. The Bertz CT molecular complexity index is 1060. The van der Waals surface area contributed by atoms with Gasteiger partial charge in [0.2, 0.25) is 5.91 Å². The first kappa shape index (κ1) is 24.0. The number of nitrogens with zero attached hydrogens (tertiary/aromatic N) is 3. The Labute approximate surface area is 200 Å². The van der Waals surface area contributed by atoms with Gasteiger partial charge >= 0.3 is 0 Å². The van der Waals surface area contributed by atoms with Gasteiger partial charge in [-0.15, -0.1) is 6.58 Å². The number of benzene rings is 2. The lowest BCUT2D eigenvalue weighted by Crippen LogP contribution is -2.51. The predicted molar refractivity (Wildman–Crippen MR) is 129 cm³/mol. The molecule has 2 heterocycles. The van der Waals surface area contributed by atoms with E-state index in [9.17, 15) is 14.0 Å². The molecule has 2 atom stereocenters. The Kier molecular flexibility index (Phi) is 7.32. The number of carbonyl (C=O) groups is 2. The van der Waals surface area contributed by atoms with E-state index in [0.717, 1.165) is 36.3 Å². The van der Waals surface area contributed by atoms with E-state index in [1.807, 2.05) is 35.2 Å². The molecule has 0 N–H and O–H groups in total. The summed E-state index contributed by atoms with van der Waals surface area (Å²) >= 11 is 0. The number of rotatable bonds is 6. The summed E-state index contributed by atoms with van der Waals surface area (Å²) < 4.78 is 20.1. The molecule has 0 spiro atoms. The van der Waals surface area contributed by atoms with E-state index in [-0.39, 0.29) is 17.6 Å². The fraction of sp³-hybridized carbons (Fsp3) is 0.407. The Hall–Kier alpha value is -3.19. The number of fused-ring (bicyclic) bond motifs is 1. The van der Waals surface area contributed by atoms with Gasteiger partial charge in [0.1, 0.15) is 11.6 Å². The van der Waals surface area contributed by atoms with Crippen LogP contribution in [-0.4, -0.2) is 71.9 Å². The van der Waals surface area contributed by atoms with Crippen LogP contribution in [0, 0.1) is 5.82 Å². The summed E-state index contributed by atoms with van der Waals surface area (Å²) in [6, 6.07) is 11.7. The Morgan fingerprint density at radius 2 is 1.91 bits per heavy atom. The highest BCUT2D eigenvalue weighted by atomic mass is 19.1. The molecule has 0 aliphatic carbocycles. The molecule has 2 aromatic carbocycles. The van der Waals surface area contributed by atoms with Crippen molar-refractivity contribution in [2.24, 2.45) is 0 Å². The summed E-state index contributed by atoms with van der Waals surface area (Å²) in [7, 11) is 0. The maximum absolute atomic E-state index is 14.0. The topological polar surface area (TPSA) is 53.1 Å². The van der Waals surface area contributed by atoms with Gasteiger partial charge in [0.15, 0.2) is 6.10 Å². The molecule has 2 aromatic rings. The number of hydrogen-bond donors (Lipinski definition) is 0. The van der Waals surface area contributed by atoms with Crippen molar-refractivity contribution in [1.82, 2.24) is 14.7 Å². The maximum atomic E-state index is 14.0. The summed E-state index contributed by atoms with van der Waals surface area (Å²) in [4.78, 5) is 31.3. The number of hydrogen-bond acceptors (Lipinski definition) is 4. The average molecular weight is 466 g/mol. The number of carbonyl (C=O) groups excluding carboxylic acids is 2. The van der Waals surface area contributed by atoms with Crippen LogP contribution in [0.2, 0.25) is 0 Å². The molecular formula is C27H32FN3O3. The van der Waals surface area contributed by atoms with Crippen molar-refractivity contribution in [1.29, 1.82) is 0 Å². The maximum Gasteiger partial charge on any atom is 0.263 e. The average Bonchev–Trinajstić information content (AvgIpc) is 2.83. The van der Waals surface area contributed by atoms with Gasteiger partial charge in [-0.25, -0.2) is 4.39 Å². The molecule has 1 saturated heterocycles. The van der Waals surface area contributed by atoms with Crippen LogP contribution in [0.3, 0.4) is 0 Å². The Morgan fingerprint density at radius 3 is 2.59 bits per heavy atom. The summed E-state index contributed by atoms with van der Waals surface area (Å²) in [6.07, 6.45) is 1.96. The highest BCUT2D eigenvalue weighted by Crippen LogP contribution is 2.37. The lowest BCUT2D eigenvalue weighted by Gasteiger charge is -2.37. The second kappa shape index (κ2) is 10.4. The van der Waals surface area contributed by atoms with Crippen molar-refractivity contribution in [3.8, 4) is 5.75 Å². The Balaban J connectivity index is 1.53. The monoisotopic (exact) mass is 465 g/mol. The zero-order valence-electron chi connectivity index (χ0n) is 19.9. The minimum Gasteiger partial charge on any atom is -0.481 e. The van der Waals surface area contributed by atoms with Crippen molar-refractivity contribution < 1.29 is 18.7 Å². The van der Waals surface area contributed by atoms with Crippen LogP contribution in [0.5, 0.6) is 5.75 Å². The standard InChI is InChI=1S/C27H32FN3O3/c1-4-11-29-13-15-30(16-14-29)27(33)19(2)34-24-9-8-21-10-12-31(20(3)32)26(25(21)18-24)22-6-5-7-23(28)17-22/h4-9,17-19,26H,1,10-16H2,2-3H3. The molecule has 2 amide bonds. The lowest BCUT2D eigenvalue weighted by atomic mass is 9.88. The molecule has 6 nitrogen and oxygen atoms in total. The van der Waals surface area contributed by atoms with E-state index < -0.39 is 12.1 Å². The molecule has 7 heteroatoms. The van der Waals surface area contributed by atoms with Crippen molar-refractivity contribution >= 4 is 11.8 Å². The van der Waals surface area contributed by atoms with E-state index in [1.165, 1.54) is 19.1 Å². The van der Waals surface area contributed by atoms with Gasteiger partial charge in [-0.2, -0.15) is 0 Å². The fourth-order valence-corrected chi connectivity index (χ4v) is 4.89. The highest BCUT2D eigenvalue weighted by Gasteiger charge is 2.32. The molecule has 0 saturated carbocycles. The van der Waals surface area contributed by atoms with E-state index in [4.69, 9.17) is 4.74 Å². The van der Waals surface area contributed by atoms with Crippen LogP contribution in [0.25, 0.3) is 0 Å². The normalized spacial score (nSPS) is 19.3. The van der Waals surface area contributed by atoms with E-state index in [0.29, 0.717) is 31.8 Å². The minimum absolute atomic E-state index is 0.0389. The van der Waals surface area contributed by atoms with Crippen LogP contribution in [0.15, 0.2) is 55.1 Å². The molecule has 0 aromatic heterocycles. The third-order valence-electron chi connectivity index (χ3n) is 6.65. The predicted octanol–water partition coefficient (Wildman–Crippen LogP) is 3.42. The smallest absolute Gasteiger partial charge is 0.263 e. The second-order valence-corrected chi connectivity index (χ2v) is 8.96. The quantitative estimate of drug-likeness (QED) is 0.614. The van der Waals surface area contributed by atoms with Gasteiger partial charge in [-0.3, -0.25) is 14.5 Å². The molecule has 0 bridgehead atoms. The van der Waals surface area contributed by atoms with Crippen LogP contribution in [-0.2, 0) is 16.0 Å². The number of amides is 2. The van der Waals surface area contributed by atoms with Gasteiger partial charge in [-0.05, 0) is 54.3 Å². The summed E-state index contributed by atoms with van der Waals surface area (Å²) in [5.41, 5.74) is 2.72. The molecule has 34 heavy (non-hydrogen) atoms. The van der Waals surface area contributed by atoms with Crippen LogP contribution in [0.4, 0.5) is 4.39 Å². The number of ether oxygens (including phenoxy) is 1. The van der Waals surface area contributed by atoms with Gasteiger partial charge in [0, 0.05) is 46.2 Å². The molecule has 2 aliphatic rings. The van der Waals surface area contributed by atoms with E-state index in [1.54, 1.807) is 17.9 Å². The SMILES string of the molecule is C=CCN1CCN(C(=O)C(C)Oc2ccc3c(c2)C(c2cccc(F)c2)N(C(C)=O)CC3)CC1. The molecular weight excluding hydrogens is 433 g/mol. The van der Waals surface area contributed by atoms with Crippen LogP contribution in [0.1, 0.15) is 36.6 Å². The van der Waals surface area contributed by atoms with Gasteiger partial charge in [0.25, 0.3) is 5.91 Å². The summed E-state index contributed by atoms with van der Waals surface area (Å²) in [5, 5.41) is 0. The van der Waals surface area contributed by atoms with Gasteiger partial charge in [-0.1, -0.05) is 24.3 Å². The number of piperazine rings is 1. The minimum atomic E-state index is -0.635. The van der Waals surface area contributed by atoms with Crippen molar-refractivity contribution in [3.63, 3.8) is 0 Å². The molecule has 1 fully saturated rings. The molecule has 2 unspecified atom stereocenters. The first-order valence-electron chi connectivity index (χ1n) is 11.8. The zero-order valence-corrected chi connectivity index (χ0v) is 19.9. The van der Waals surface area contributed by atoms with E-state index >= 15 is 0 Å². The van der Waals surface area contributed by atoms with Crippen LogP contribution < -0.4 is 4.74 Å². The lowest BCUT2D eigenvalue weighted by molar-refractivity contribution is -0.139. The number of halogens is 1. The molecule has 180 valence electrons. The van der Waals surface area contributed by atoms with Gasteiger partial charge in [0.05, 0.1) is 6.04 Å². The summed E-state index contributed by atoms with van der Waals surface area (Å²) in [6.45, 7) is 11.4. The first-order valence-corrected chi connectivity index (χ1v) is 11.8. The molecule has 2 aliphatic heterocycles. The highest BCUT2D eigenvalue weighted by molar-refractivity contribution is 5.81. The largest absolute Gasteiger partial charge is 0.481 e. The molecule has 4 rings (SSSR count). The fourth-order valence-electron chi connectivity index (χ4n) is 4.89. The Morgan fingerprint density at radius 1 is 1.15 bits per heavy atom. The van der Waals surface area contributed by atoms with Crippen molar-refractivity contribution in [2.75, 3.05) is 39.3 Å². The summed E-state index contributed by atoms with van der Waals surface area (Å²) in [5.74, 6) is 0.123. The van der Waals surface area contributed by atoms with Gasteiger partial charge < -0.3 is 14.5 Å².